The Morgan fingerprint density at radius 2 is 2.05 bits per heavy atom. The molecule has 4 N–H and O–H groups in total. The second-order valence-corrected chi connectivity index (χ2v) is 6.07. The number of hydrogen-bond acceptors (Lipinski definition) is 3. The third-order valence-corrected chi connectivity index (χ3v) is 4.52. The van der Waals surface area contributed by atoms with Crippen molar-refractivity contribution in [3.8, 4) is 0 Å². The summed E-state index contributed by atoms with van der Waals surface area (Å²) < 4.78 is 13.6. The fourth-order valence-electron chi connectivity index (χ4n) is 2.89. The van der Waals surface area contributed by atoms with E-state index in [1.807, 2.05) is 0 Å². The van der Waals surface area contributed by atoms with E-state index in [9.17, 15) is 14.3 Å². The Balaban J connectivity index is 2.04. The first-order valence-corrected chi connectivity index (χ1v) is 7.42. The minimum Gasteiger partial charge on any atom is -0.398 e. The number of aliphatic hydroxyl groups excluding tert-OH is 1. The Bertz CT molecular complexity index is 502. The molecule has 0 radical (unpaired) electrons. The zero-order chi connectivity index (χ0) is 15.5. The van der Waals surface area contributed by atoms with Gasteiger partial charge in [0, 0.05) is 28.8 Å². The molecule has 0 heterocycles. The molecule has 1 amide bonds. The van der Waals surface area contributed by atoms with E-state index in [2.05, 4.69) is 5.32 Å². The molecule has 1 aliphatic carbocycles. The molecule has 5 heteroatoms. The van der Waals surface area contributed by atoms with Crippen LogP contribution >= 0.6 is 0 Å². The maximum atomic E-state index is 13.6. The highest BCUT2D eigenvalue weighted by atomic mass is 19.1. The van der Waals surface area contributed by atoms with E-state index < -0.39 is 5.82 Å². The Morgan fingerprint density at radius 1 is 1.38 bits per heavy atom. The SMILES string of the molecule is Cc1c(N)cc(C(=O)NCC2(CO)CCCCC2)cc1F. The third-order valence-electron chi connectivity index (χ3n) is 4.52. The average molecular weight is 294 g/mol. The van der Waals surface area contributed by atoms with Crippen molar-refractivity contribution in [3.63, 3.8) is 0 Å². The van der Waals surface area contributed by atoms with Gasteiger partial charge < -0.3 is 16.2 Å². The number of hydrogen-bond donors (Lipinski definition) is 3. The molecule has 21 heavy (non-hydrogen) atoms. The average Bonchev–Trinajstić information content (AvgIpc) is 2.50. The molecule has 1 aromatic rings. The van der Waals surface area contributed by atoms with Crippen LogP contribution in [0.4, 0.5) is 10.1 Å². The molecule has 1 aliphatic rings. The molecule has 0 aromatic heterocycles. The Kier molecular flexibility index (Phi) is 4.83. The van der Waals surface area contributed by atoms with Crippen molar-refractivity contribution < 1.29 is 14.3 Å². The summed E-state index contributed by atoms with van der Waals surface area (Å²) in [6.45, 7) is 2.06. The van der Waals surface area contributed by atoms with Crippen LogP contribution in [0.5, 0.6) is 0 Å². The van der Waals surface area contributed by atoms with Crippen LogP contribution < -0.4 is 11.1 Å². The number of aliphatic hydroxyl groups is 1. The summed E-state index contributed by atoms with van der Waals surface area (Å²) >= 11 is 0. The van der Waals surface area contributed by atoms with Gasteiger partial charge in [0.2, 0.25) is 0 Å². The summed E-state index contributed by atoms with van der Waals surface area (Å²) in [5.41, 5.74) is 6.30. The maximum absolute atomic E-state index is 13.6. The lowest BCUT2D eigenvalue weighted by Crippen LogP contribution is -2.41. The summed E-state index contributed by atoms with van der Waals surface area (Å²) in [6, 6.07) is 2.69. The number of halogens is 1. The second kappa shape index (κ2) is 6.43. The third kappa shape index (κ3) is 3.53. The number of nitrogens with one attached hydrogen (secondary N) is 1. The van der Waals surface area contributed by atoms with Crippen LogP contribution in [-0.4, -0.2) is 24.2 Å². The molecule has 2 rings (SSSR count). The van der Waals surface area contributed by atoms with Crippen molar-refractivity contribution in [3.05, 3.63) is 29.1 Å². The monoisotopic (exact) mass is 294 g/mol. The van der Waals surface area contributed by atoms with Crippen molar-refractivity contribution >= 4 is 11.6 Å². The van der Waals surface area contributed by atoms with E-state index in [4.69, 9.17) is 5.73 Å². The minimum atomic E-state index is -0.477. The summed E-state index contributed by atoms with van der Waals surface area (Å²) in [7, 11) is 0. The Labute approximate surface area is 124 Å². The van der Waals surface area contributed by atoms with Crippen LogP contribution in [0.15, 0.2) is 12.1 Å². The van der Waals surface area contributed by atoms with Gasteiger partial charge in [-0.05, 0) is 31.9 Å². The summed E-state index contributed by atoms with van der Waals surface area (Å²) in [6.07, 6.45) is 5.14. The first kappa shape index (κ1) is 15.8. The zero-order valence-corrected chi connectivity index (χ0v) is 12.4. The molecule has 116 valence electrons. The molecule has 0 aliphatic heterocycles. The van der Waals surface area contributed by atoms with E-state index in [0.717, 1.165) is 25.7 Å². The van der Waals surface area contributed by atoms with Gasteiger partial charge in [-0.3, -0.25) is 4.79 Å². The van der Waals surface area contributed by atoms with Gasteiger partial charge in [0.1, 0.15) is 5.82 Å². The van der Waals surface area contributed by atoms with Crippen LogP contribution in [0.1, 0.15) is 48.0 Å². The topological polar surface area (TPSA) is 75.4 Å². The smallest absolute Gasteiger partial charge is 0.251 e. The van der Waals surface area contributed by atoms with Crippen molar-refractivity contribution in [2.24, 2.45) is 5.41 Å². The first-order chi connectivity index (χ1) is 9.97. The van der Waals surface area contributed by atoms with Gasteiger partial charge in [0.25, 0.3) is 5.91 Å². The van der Waals surface area contributed by atoms with Crippen molar-refractivity contribution in [2.75, 3.05) is 18.9 Å². The molecular formula is C16H23FN2O2. The fourth-order valence-corrected chi connectivity index (χ4v) is 2.89. The number of nitrogen functional groups attached to an aromatic ring is 1. The van der Waals surface area contributed by atoms with E-state index in [-0.39, 0.29) is 29.2 Å². The first-order valence-electron chi connectivity index (χ1n) is 7.42. The standard InChI is InChI=1S/C16H23FN2O2/c1-11-13(17)7-12(8-14(11)18)15(21)19-9-16(10-20)5-3-2-4-6-16/h7-8,20H,2-6,9-10,18H2,1H3,(H,19,21). The van der Waals surface area contributed by atoms with Crippen molar-refractivity contribution in [2.45, 2.75) is 39.0 Å². The van der Waals surface area contributed by atoms with Crippen LogP contribution in [0.3, 0.4) is 0 Å². The van der Waals surface area contributed by atoms with Crippen molar-refractivity contribution in [1.29, 1.82) is 0 Å². The molecule has 0 saturated heterocycles. The number of nitrogens with two attached hydrogens (primary N) is 1. The van der Waals surface area contributed by atoms with E-state index in [1.165, 1.54) is 18.6 Å². The number of amides is 1. The van der Waals surface area contributed by atoms with Gasteiger partial charge in [-0.2, -0.15) is 0 Å². The fraction of sp³-hybridized carbons (Fsp3) is 0.562. The Morgan fingerprint density at radius 3 is 2.62 bits per heavy atom. The van der Waals surface area contributed by atoms with Gasteiger partial charge in [0.05, 0.1) is 6.61 Å². The lowest BCUT2D eigenvalue weighted by molar-refractivity contribution is 0.0718. The predicted molar refractivity (Wildman–Crippen MR) is 80.5 cm³/mol. The van der Waals surface area contributed by atoms with Gasteiger partial charge in [-0.1, -0.05) is 19.3 Å². The zero-order valence-electron chi connectivity index (χ0n) is 12.4. The summed E-state index contributed by atoms with van der Waals surface area (Å²) in [5, 5.41) is 12.4. The van der Waals surface area contributed by atoms with E-state index in [0.29, 0.717) is 12.1 Å². The molecule has 0 unspecified atom stereocenters. The van der Waals surface area contributed by atoms with Crippen LogP contribution in [0.2, 0.25) is 0 Å². The van der Waals surface area contributed by atoms with Gasteiger partial charge in [-0.15, -0.1) is 0 Å². The number of anilines is 1. The molecule has 1 aromatic carbocycles. The minimum absolute atomic E-state index is 0.0671. The Hall–Kier alpha value is -1.62. The van der Waals surface area contributed by atoms with Crippen LogP contribution in [0, 0.1) is 18.2 Å². The molecule has 0 atom stereocenters. The lowest BCUT2D eigenvalue weighted by atomic mass is 9.74. The molecule has 4 nitrogen and oxygen atoms in total. The highest BCUT2D eigenvalue weighted by molar-refractivity contribution is 5.95. The highest BCUT2D eigenvalue weighted by Crippen LogP contribution is 2.35. The number of carbonyl (C=O) groups is 1. The normalized spacial score (nSPS) is 17.5. The van der Waals surface area contributed by atoms with Gasteiger partial charge >= 0.3 is 0 Å². The van der Waals surface area contributed by atoms with Crippen LogP contribution in [-0.2, 0) is 0 Å². The van der Waals surface area contributed by atoms with E-state index >= 15 is 0 Å². The predicted octanol–water partition coefficient (Wildman–Crippen LogP) is 2.39. The molecule has 0 spiro atoms. The quantitative estimate of drug-likeness (QED) is 0.746. The molecular weight excluding hydrogens is 271 g/mol. The number of carbonyl (C=O) groups excluding carboxylic acids is 1. The molecule has 1 saturated carbocycles. The number of benzene rings is 1. The number of rotatable bonds is 4. The summed E-state index contributed by atoms with van der Waals surface area (Å²) in [4.78, 5) is 12.1. The summed E-state index contributed by atoms with van der Waals surface area (Å²) in [5.74, 6) is -0.825. The highest BCUT2D eigenvalue weighted by Gasteiger charge is 2.31. The van der Waals surface area contributed by atoms with Gasteiger partial charge in [-0.25, -0.2) is 4.39 Å². The van der Waals surface area contributed by atoms with Gasteiger partial charge in [0.15, 0.2) is 0 Å². The molecule has 1 fully saturated rings. The second-order valence-electron chi connectivity index (χ2n) is 6.07. The van der Waals surface area contributed by atoms with E-state index in [1.54, 1.807) is 6.92 Å². The molecule has 0 bridgehead atoms. The maximum Gasteiger partial charge on any atom is 0.251 e. The van der Waals surface area contributed by atoms with Crippen LogP contribution in [0.25, 0.3) is 0 Å². The largest absolute Gasteiger partial charge is 0.398 e. The van der Waals surface area contributed by atoms with Crippen molar-refractivity contribution in [1.82, 2.24) is 5.32 Å². The lowest BCUT2D eigenvalue weighted by Gasteiger charge is -2.35.